The van der Waals surface area contributed by atoms with Crippen molar-refractivity contribution in [1.29, 1.82) is 0 Å². The molecule has 2 aliphatic rings. The molecular weight excluding hydrogens is 453 g/mol. The van der Waals surface area contributed by atoms with E-state index < -0.39 is 23.4 Å². The maximum absolute atomic E-state index is 13.3. The van der Waals surface area contributed by atoms with E-state index in [2.05, 4.69) is 5.32 Å². The predicted octanol–water partition coefficient (Wildman–Crippen LogP) is 3.94. The average Bonchev–Trinajstić information content (AvgIpc) is 3.33. The molecular formula is C26H24FN3O5. The van der Waals surface area contributed by atoms with Gasteiger partial charge < -0.3 is 14.8 Å². The second-order valence-electron chi connectivity index (χ2n) is 8.81. The summed E-state index contributed by atoms with van der Waals surface area (Å²) in [6, 6.07) is 17.1. The van der Waals surface area contributed by atoms with Crippen LogP contribution in [0.3, 0.4) is 0 Å². The van der Waals surface area contributed by atoms with Crippen LogP contribution in [0.4, 0.5) is 10.1 Å². The Hall–Kier alpha value is -3.98. The topological polar surface area (TPSA) is 93.9 Å². The summed E-state index contributed by atoms with van der Waals surface area (Å²) in [5.74, 6) is -0.396. The molecule has 0 unspecified atom stereocenters. The predicted molar refractivity (Wildman–Crippen MR) is 127 cm³/mol. The monoisotopic (exact) mass is 477 g/mol. The Balaban J connectivity index is 1.48. The van der Waals surface area contributed by atoms with Crippen molar-refractivity contribution in [2.24, 2.45) is 0 Å². The molecule has 3 aromatic carbocycles. The van der Waals surface area contributed by atoms with Gasteiger partial charge in [0.2, 0.25) is 0 Å². The molecule has 2 heterocycles. The Labute approximate surface area is 201 Å². The summed E-state index contributed by atoms with van der Waals surface area (Å²) >= 11 is 0. The number of carbonyl (C=O) groups is 1. The van der Waals surface area contributed by atoms with Crippen molar-refractivity contribution in [3.63, 3.8) is 0 Å². The van der Waals surface area contributed by atoms with Gasteiger partial charge in [0.15, 0.2) is 17.0 Å². The zero-order valence-electron chi connectivity index (χ0n) is 19.2. The van der Waals surface area contributed by atoms with Crippen molar-refractivity contribution in [2.45, 2.75) is 24.1 Å². The lowest BCUT2D eigenvalue weighted by molar-refractivity contribution is -0.534. The second kappa shape index (κ2) is 8.66. The molecule has 0 bridgehead atoms. The first kappa shape index (κ1) is 22.8. The van der Waals surface area contributed by atoms with Crippen LogP contribution in [0.25, 0.3) is 0 Å². The number of likely N-dealkylation sites (tertiary alicyclic amines) is 1. The number of halogens is 1. The van der Waals surface area contributed by atoms with Crippen molar-refractivity contribution >= 4 is 11.6 Å². The highest BCUT2D eigenvalue weighted by molar-refractivity contribution is 6.06. The van der Waals surface area contributed by atoms with Gasteiger partial charge in [-0.05, 0) is 48.5 Å². The number of para-hydroxylation sites is 1. The molecule has 0 radical (unpaired) electrons. The maximum Gasteiger partial charge on any atom is 0.256 e. The lowest BCUT2D eigenvalue weighted by atomic mass is 9.79. The molecule has 0 aromatic heterocycles. The number of hydrogen-bond donors (Lipinski definition) is 1. The van der Waals surface area contributed by atoms with Gasteiger partial charge in [-0.25, -0.2) is 4.39 Å². The molecule has 1 amide bonds. The molecule has 180 valence electrons. The standard InChI is InChI=1S/C26H24FN3O5/c1-29-14-19(24(30(32)33)26(29)20-5-3-4-6-21(20)28-25(26)31)17-9-12-22(23(13-17)34-2)35-15-16-7-10-18(27)11-8-16/h3-13,19,24H,14-15H2,1-2H3,(H,28,31)/t19-,24-,26-/m0/s1. The number of benzene rings is 3. The van der Waals surface area contributed by atoms with Crippen molar-refractivity contribution in [3.05, 3.63) is 99.4 Å². The molecule has 8 nitrogen and oxygen atoms in total. The number of ether oxygens (including phenoxy) is 2. The fourth-order valence-corrected chi connectivity index (χ4v) is 5.36. The van der Waals surface area contributed by atoms with Crippen LogP contribution in [0.15, 0.2) is 66.7 Å². The Bertz CT molecular complexity index is 1300. The SMILES string of the molecule is COc1cc([C@@H]2CN(C)[C@]3(C(=O)Nc4ccccc43)[C@H]2[N+](=O)[O-])ccc1OCc1ccc(F)cc1. The van der Waals surface area contributed by atoms with Crippen LogP contribution in [0.1, 0.15) is 22.6 Å². The summed E-state index contributed by atoms with van der Waals surface area (Å²) < 4.78 is 24.5. The Morgan fingerprint density at radius 3 is 2.60 bits per heavy atom. The van der Waals surface area contributed by atoms with Crippen LogP contribution in [0, 0.1) is 15.9 Å². The largest absolute Gasteiger partial charge is 0.493 e. The smallest absolute Gasteiger partial charge is 0.256 e. The van der Waals surface area contributed by atoms with Crippen LogP contribution in [-0.2, 0) is 16.9 Å². The number of likely N-dealkylation sites (N-methyl/N-ethyl adjacent to an activating group) is 1. The lowest BCUT2D eigenvalue weighted by Gasteiger charge is -2.30. The van der Waals surface area contributed by atoms with E-state index in [1.54, 1.807) is 66.5 Å². The lowest BCUT2D eigenvalue weighted by Crippen LogP contribution is -2.54. The third kappa shape index (κ3) is 3.59. The third-order valence-corrected chi connectivity index (χ3v) is 6.96. The van der Waals surface area contributed by atoms with Gasteiger partial charge >= 0.3 is 0 Å². The number of hydrogen-bond acceptors (Lipinski definition) is 6. The van der Waals surface area contributed by atoms with Crippen LogP contribution < -0.4 is 14.8 Å². The summed E-state index contributed by atoms with van der Waals surface area (Å²) in [6.07, 6.45) is 0. The van der Waals surface area contributed by atoms with E-state index in [-0.39, 0.29) is 17.3 Å². The number of rotatable bonds is 6. The van der Waals surface area contributed by atoms with Gasteiger partial charge in [-0.15, -0.1) is 0 Å². The number of nitro groups is 1. The first-order valence-electron chi connectivity index (χ1n) is 11.2. The van der Waals surface area contributed by atoms with E-state index in [1.165, 1.54) is 19.2 Å². The number of fused-ring (bicyclic) bond motifs is 2. The number of nitrogens with zero attached hydrogens (tertiary/aromatic N) is 2. The molecule has 1 spiro atoms. The van der Waals surface area contributed by atoms with Gasteiger partial charge in [0.1, 0.15) is 12.4 Å². The average molecular weight is 477 g/mol. The first-order chi connectivity index (χ1) is 16.9. The number of methoxy groups -OCH3 is 1. The minimum atomic E-state index is -1.41. The highest BCUT2D eigenvalue weighted by atomic mass is 19.1. The number of nitrogens with one attached hydrogen (secondary N) is 1. The Morgan fingerprint density at radius 2 is 1.89 bits per heavy atom. The normalized spacial score (nSPS) is 23.2. The summed E-state index contributed by atoms with van der Waals surface area (Å²) in [7, 11) is 3.24. The zero-order valence-corrected chi connectivity index (χ0v) is 19.2. The van der Waals surface area contributed by atoms with Crippen LogP contribution in [0.5, 0.6) is 11.5 Å². The zero-order chi connectivity index (χ0) is 24.7. The van der Waals surface area contributed by atoms with Crippen LogP contribution in [-0.4, -0.2) is 42.5 Å². The van der Waals surface area contributed by atoms with Crippen molar-refractivity contribution in [1.82, 2.24) is 4.90 Å². The molecule has 1 N–H and O–H groups in total. The Kier molecular flexibility index (Phi) is 5.64. The molecule has 9 heteroatoms. The minimum Gasteiger partial charge on any atom is -0.493 e. The fourth-order valence-electron chi connectivity index (χ4n) is 5.36. The third-order valence-electron chi connectivity index (χ3n) is 6.96. The van der Waals surface area contributed by atoms with E-state index >= 15 is 0 Å². The summed E-state index contributed by atoms with van der Waals surface area (Å²) in [4.78, 5) is 27.1. The number of amides is 1. The van der Waals surface area contributed by atoms with E-state index in [1.807, 2.05) is 0 Å². The summed E-state index contributed by atoms with van der Waals surface area (Å²) in [6.45, 7) is 0.520. The second-order valence-corrected chi connectivity index (χ2v) is 8.81. The molecule has 35 heavy (non-hydrogen) atoms. The molecule has 1 fully saturated rings. The van der Waals surface area contributed by atoms with Crippen molar-refractivity contribution in [3.8, 4) is 11.5 Å². The Morgan fingerprint density at radius 1 is 1.14 bits per heavy atom. The molecule has 3 atom stereocenters. The molecule has 2 aliphatic heterocycles. The van der Waals surface area contributed by atoms with Gasteiger partial charge in [-0.1, -0.05) is 36.4 Å². The van der Waals surface area contributed by atoms with Gasteiger partial charge in [0.05, 0.1) is 13.0 Å². The van der Waals surface area contributed by atoms with Gasteiger partial charge in [0, 0.05) is 22.7 Å². The van der Waals surface area contributed by atoms with Gasteiger partial charge in [-0.3, -0.25) is 19.8 Å². The molecule has 0 aliphatic carbocycles. The quantitative estimate of drug-likeness (QED) is 0.427. The molecule has 5 rings (SSSR count). The number of anilines is 1. The van der Waals surface area contributed by atoms with Crippen molar-refractivity contribution in [2.75, 3.05) is 26.0 Å². The van der Waals surface area contributed by atoms with E-state index in [0.29, 0.717) is 34.9 Å². The van der Waals surface area contributed by atoms with Crippen LogP contribution in [0.2, 0.25) is 0 Å². The van der Waals surface area contributed by atoms with E-state index in [0.717, 1.165) is 5.56 Å². The highest BCUT2D eigenvalue weighted by Crippen LogP contribution is 2.52. The summed E-state index contributed by atoms with van der Waals surface area (Å²) in [5.41, 5.74) is 1.27. The highest BCUT2D eigenvalue weighted by Gasteiger charge is 2.68. The summed E-state index contributed by atoms with van der Waals surface area (Å²) in [5, 5.41) is 15.3. The first-order valence-corrected chi connectivity index (χ1v) is 11.2. The van der Waals surface area contributed by atoms with Crippen LogP contribution >= 0.6 is 0 Å². The van der Waals surface area contributed by atoms with Gasteiger partial charge in [-0.2, -0.15) is 0 Å². The van der Waals surface area contributed by atoms with E-state index in [9.17, 15) is 19.3 Å². The van der Waals surface area contributed by atoms with Gasteiger partial charge in [0.25, 0.3) is 11.9 Å². The molecule has 0 saturated carbocycles. The van der Waals surface area contributed by atoms with E-state index in [4.69, 9.17) is 9.47 Å². The number of carbonyl (C=O) groups excluding carboxylic acids is 1. The maximum atomic E-state index is 13.3. The minimum absolute atomic E-state index is 0.208. The molecule has 1 saturated heterocycles. The van der Waals surface area contributed by atoms with Crippen molar-refractivity contribution < 1.29 is 23.6 Å². The fraction of sp³-hybridized carbons (Fsp3) is 0.269. The molecule has 3 aromatic rings.